The summed E-state index contributed by atoms with van der Waals surface area (Å²) < 4.78 is 33.5. The molecule has 3 rings (SSSR count). The van der Waals surface area contributed by atoms with Crippen molar-refractivity contribution >= 4 is 5.82 Å². The Hall–Kier alpha value is -2.44. The van der Waals surface area contributed by atoms with Crippen molar-refractivity contribution in [3.05, 3.63) is 51.9 Å². The second-order valence-electron chi connectivity index (χ2n) is 6.57. The van der Waals surface area contributed by atoms with Gasteiger partial charge in [0.25, 0.3) is 0 Å². The molecule has 1 aromatic carbocycles. The number of hydrogen-bond donors (Lipinski definition) is 0. The third-order valence-electron chi connectivity index (χ3n) is 4.47. The number of aromatic nitrogens is 2. The average molecular weight is 335 g/mol. The Bertz CT molecular complexity index is 813. The maximum absolute atomic E-state index is 13.2. The standard InChI is InChI=1S/C17H19F2N3O2/c1-17(2)4-5-22-15(21(17)3)9-14(20-16(22)23)24-10-11-6-12(18)8-13(19)7-11/h6-9H,4-5,10H2,1-3H3. The Labute approximate surface area is 138 Å². The topological polar surface area (TPSA) is 47.4 Å². The van der Waals surface area contributed by atoms with Crippen LogP contribution in [0.1, 0.15) is 25.8 Å². The molecule has 0 bridgehead atoms. The van der Waals surface area contributed by atoms with Crippen LogP contribution in [0, 0.1) is 11.6 Å². The summed E-state index contributed by atoms with van der Waals surface area (Å²) in [5.74, 6) is -0.491. The molecular formula is C17H19F2N3O2. The van der Waals surface area contributed by atoms with E-state index in [0.717, 1.165) is 12.5 Å². The Balaban J connectivity index is 1.86. The first-order valence-corrected chi connectivity index (χ1v) is 7.70. The van der Waals surface area contributed by atoms with E-state index in [2.05, 4.69) is 18.8 Å². The van der Waals surface area contributed by atoms with E-state index < -0.39 is 17.3 Å². The zero-order valence-electron chi connectivity index (χ0n) is 13.8. The fourth-order valence-electron chi connectivity index (χ4n) is 2.75. The Morgan fingerprint density at radius 3 is 2.54 bits per heavy atom. The van der Waals surface area contributed by atoms with Crippen molar-refractivity contribution in [1.29, 1.82) is 0 Å². The smallest absolute Gasteiger partial charge is 0.352 e. The first-order chi connectivity index (χ1) is 11.3. The van der Waals surface area contributed by atoms with E-state index in [-0.39, 0.29) is 18.0 Å². The maximum Gasteiger partial charge on any atom is 0.352 e. The zero-order chi connectivity index (χ0) is 17.5. The number of halogens is 2. The van der Waals surface area contributed by atoms with Crippen molar-refractivity contribution in [2.24, 2.45) is 0 Å². The predicted molar refractivity (Wildman–Crippen MR) is 86.3 cm³/mol. The molecule has 7 heteroatoms. The van der Waals surface area contributed by atoms with Crippen LogP contribution < -0.4 is 15.3 Å². The van der Waals surface area contributed by atoms with E-state index >= 15 is 0 Å². The van der Waals surface area contributed by atoms with Gasteiger partial charge in [-0.05, 0) is 38.0 Å². The predicted octanol–water partition coefficient (Wildman–Crippen LogP) is 2.72. The van der Waals surface area contributed by atoms with E-state index in [1.165, 1.54) is 12.1 Å². The highest BCUT2D eigenvalue weighted by atomic mass is 19.1. The minimum Gasteiger partial charge on any atom is -0.473 e. The fraction of sp³-hybridized carbons (Fsp3) is 0.412. The zero-order valence-corrected chi connectivity index (χ0v) is 13.8. The molecule has 24 heavy (non-hydrogen) atoms. The molecule has 0 unspecified atom stereocenters. The quantitative estimate of drug-likeness (QED) is 0.865. The van der Waals surface area contributed by atoms with Gasteiger partial charge in [-0.3, -0.25) is 4.57 Å². The first kappa shape index (κ1) is 16.4. The molecule has 0 saturated carbocycles. The minimum atomic E-state index is -0.673. The monoisotopic (exact) mass is 335 g/mol. The first-order valence-electron chi connectivity index (χ1n) is 7.70. The van der Waals surface area contributed by atoms with Gasteiger partial charge < -0.3 is 9.64 Å². The summed E-state index contributed by atoms with van der Waals surface area (Å²) in [7, 11) is 1.91. The molecule has 5 nitrogen and oxygen atoms in total. The molecule has 0 saturated heterocycles. The summed E-state index contributed by atoms with van der Waals surface area (Å²) in [5.41, 5.74) is -0.146. The molecule has 2 aromatic rings. The van der Waals surface area contributed by atoms with Crippen LogP contribution in [0.4, 0.5) is 14.6 Å². The number of benzene rings is 1. The molecule has 1 aliphatic heterocycles. The van der Waals surface area contributed by atoms with Crippen LogP contribution in [0.2, 0.25) is 0 Å². The van der Waals surface area contributed by atoms with Crippen LogP contribution in [-0.4, -0.2) is 22.1 Å². The lowest BCUT2D eigenvalue weighted by Crippen LogP contribution is -2.49. The largest absolute Gasteiger partial charge is 0.473 e. The number of ether oxygens (including phenoxy) is 1. The molecule has 1 aliphatic rings. The lowest BCUT2D eigenvalue weighted by atomic mass is 9.96. The number of nitrogens with zero attached hydrogens (tertiary/aromatic N) is 3. The molecule has 0 fully saturated rings. The van der Waals surface area contributed by atoms with Crippen LogP contribution in [0.5, 0.6) is 5.88 Å². The lowest BCUT2D eigenvalue weighted by molar-refractivity contribution is 0.286. The van der Waals surface area contributed by atoms with Crippen molar-refractivity contribution < 1.29 is 13.5 Å². The lowest BCUT2D eigenvalue weighted by Gasteiger charge is -2.42. The molecular weight excluding hydrogens is 316 g/mol. The molecule has 128 valence electrons. The Morgan fingerprint density at radius 1 is 1.21 bits per heavy atom. The average Bonchev–Trinajstić information content (AvgIpc) is 2.48. The third kappa shape index (κ3) is 3.11. The highest BCUT2D eigenvalue weighted by molar-refractivity contribution is 5.45. The van der Waals surface area contributed by atoms with E-state index in [1.54, 1.807) is 10.6 Å². The van der Waals surface area contributed by atoms with E-state index in [4.69, 9.17) is 4.74 Å². The number of rotatable bonds is 3. The minimum absolute atomic E-state index is 0.0717. The molecule has 1 aromatic heterocycles. The van der Waals surface area contributed by atoms with Gasteiger partial charge in [0, 0.05) is 31.3 Å². The van der Waals surface area contributed by atoms with Gasteiger partial charge in [-0.15, -0.1) is 0 Å². The van der Waals surface area contributed by atoms with Gasteiger partial charge in [0.1, 0.15) is 24.1 Å². The van der Waals surface area contributed by atoms with Crippen LogP contribution in [0.15, 0.2) is 29.1 Å². The highest BCUT2D eigenvalue weighted by Gasteiger charge is 2.31. The Morgan fingerprint density at radius 2 is 1.88 bits per heavy atom. The van der Waals surface area contributed by atoms with Gasteiger partial charge in [-0.1, -0.05) is 0 Å². The molecule has 0 aliphatic carbocycles. The van der Waals surface area contributed by atoms with Gasteiger partial charge in [-0.2, -0.15) is 4.98 Å². The number of anilines is 1. The van der Waals surface area contributed by atoms with Gasteiger partial charge in [0.05, 0.1) is 0 Å². The van der Waals surface area contributed by atoms with Crippen LogP contribution in [0.25, 0.3) is 0 Å². The van der Waals surface area contributed by atoms with Crippen molar-refractivity contribution in [1.82, 2.24) is 9.55 Å². The van der Waals surface area contributed by atoms with Crippen molar-refractivity contribution in [2.45, 2.75) is 39.0 Å². The molecule has 0 N–H and O–H groups in total. The van der Waals surface area contributed by atoms with Crippen molar-refractivity contribution in [2.75, 3.05) is 11.9 Å². The normalized spacial score (nSPS) is 16.0. The molecule has 0 spiro atoms. The second kappa shape index (κ2) is 5.89. The maximum atomic E-state index is 13.2. The second-order valence-corrected chi connectivity index (χ2v) is 6.57. The summed E-state index contributed by atoms with van der Waals surface area (Å²) in [6.45, 7) is 4.71. The molecule has 2 heterocycles. The van der Waals surface area contributed by atoms with Crippen LogP contribution in [0.3, 0.4) is 0 Å². The molecule has 0 radical (unpaired) electrons. The summed E-state index contributed by atoms with van der Waals surface area (Å²) in [6, 6.07) is 4.84. The van der Waals surface area contributed by atoms with E-state index in [0.29, 0.717) is 17.9 Å². The SMILES string of the molecule is CN1c2cc(OCc3cc(F)cc(F)c3)nc(=O)n2CCC1(C)C. The van der Waals surface area contributed by atoms with Crippen LogP contribution >= 0.6 is 0 Å². The van der Waals surface area contributed by atoms with E-state index in [9.17, 15) is 13.6 Å². The van der Waals surface area contributed by atoms with E-state index in [1.807, 2.05) is 11.9 Å². The third-order valence-corrected chi connectivity index (χ3v) is 4.47. The number of fused-ring (bicyclic) bond motifs is 1. The van der Waals surface area contributed by atoms with Crippen molar-refractivity contribution in [3.8, 4) is 5.88 Å². The fourth-order valence-corrected chi connectivity index (χ4v) is 2.75. The summed E-state index contributed by atoms with van der Waals surface area (Å²) in [5, 5.41) is 0. The van der Waals surface area contributed by atoms with Crippen LogP contribution in [-0.2, 0) is 13.2 Å². The summed E-state index contributed by atoms with van der Waals surface area (Å²) >= 11 is 0. The molecule has 0 amide bonds. The summed E-state index contributed by atoms with van der Waals surface area (Å²) in [4.78, 5) is 18.1. The van der Waals surface area contributed by atoms with Gasteiger partial charge >= 0.3 is 5.69 Å². The number of hydrogen-bond acceptors (Lipinski definition) is 4. The van der Waals surface area contributed by atoms with Crippen molar-refractivity contribution in [3.63, 3.8) is 0 Å². The highest BCUT2D eigenvalue weighted by Crippen LogP contribution is 2.31. The summed E-state index contributed by atoms with van der Waals surface area (Å²) in [6.07, 6.45) is 0.834. The van der Waals surface area contributed by atoms with Gasteiger partial charge in [0.2, 0.25) is 5.88 Å². The molecule has 0 atom stereocenters. The van der Waals surface area contributed by atoms with Gasteiger partial charge in [0.15, 0.2) is 0 Å². The van der Waals surface area contributed by atoms with Gasteiger partial charge in [-0.25, -0.2) is 13.6 Å². The Kier molecular flexibility index (Phi) is 4.03.